The van der Waals surface area contributed by atoms with E-state index >= 15 is 0 Å². The van der Waals surface area contributed by atoms with Crippen LogP contribution in [0.15, 0.2) is 29.2 Å². The second kappa shape index (κ2) is 5.34. The first kappa shape index (κ1) is 13.0. The van der Waals surface area contributed by atoms with E-state index in [9.17, 15) is 8.42 Å². The van der Waals surface area contributed by atoms with E-state index in [4.69, 9.17) is 4.74 Å². The van der Waals surface area contributed by atoms with Crippen LogP contribution in [0.2, 0.25) is 0 Å². The maximum atomic E-state index is 11.8. The Bertz CT molecular complexity index is 418. The predicted molar refractivity (Wildman–Crippen MR) is 64.5 cm³/mol. The van der Waals surface area contributed by atoms with Crippen molar-refractivity contribution in [2.75, 3.05) is 6.61 Å². The van der Waals surface area contributed by atoms with Crippen LogP contribution in [-0.4, -0.2) is 20.3 Å². The van der Waals surface area contributed by atoms with Gasteiger partial charge >= 0.3 is 0 Å². The fourth-order valence-electron chi connectivity index (χ4n) is 1.22. The van der Waals surface area contributed by atoms with Gasteiger partial charge in [-0.05, 0) is 44.5 Å². The van der Waals surface area contributed by atoms with Crippen LogP contribution >= 0.6 is 0 Å². The lowest BCUT2D eigenvalue weighted by Crippen LogP contribution is -2.13. The molecule has 1 aromatic carbocycles. The molecule has 0 N–H and O–H groups in total. The highest BCUT2D eigenvalue weighted by atomic mass is 32.2. The van der Waals surface area contributed by atoms with Gasteiger partial charge in [-0.2, -0.15) is 0 Å². The normalized spacial score (nSPS) is 11.8. The van der Waals surface area contributed by atoms with E-state index in [-0.39, 0.29) is 0 Å². The van der Waals surface area contributed by atoms with E-state index in [2.05, 4.69) is 0 Å². The van der Waals surface area contributed by atoms with Crippen molar-refractivity contribution in [1.29, 1.82) is 0 Å². The highest BCUT2D eigenvalue weighted by Crippen LogP contribution is 2.19. The standard InChI is InChI=1S/C12H18O3S/c1-4-9-15-11-5-7-12(8-6-11)16(13,14)10(2)3/h5-8,10H,4,9H2,1-3H3. The summed E-state index contributed by atoms with van der Waals surface area (Å²) in [4.78, 5) is 0.353. The molecule has 0 aliphatic rings. The molecule has 0 unspecified atom stereocenters. The fourth-order valence-corrected chi connectivity index (χ4v) is 2.28. The highest BCUT2D eigenvalue weighted by molar-refractivity contribution is 7.92. The molecule has 0 saturated carbocycles. The number of hydrogen-bond donors (Lipinski definition) is 0. The molecule has 90 valence electrons. The zero-order valence-corrected chi connectivity index (χ0v) is 10.8. The molecule has 0 radical (unpaired) electrons. The average molecular weight is 242 g/mol. The minimum Gasteiger partial charge on any atom is -0.494 e. The van der Waals surface area contributed by atoms with Gasteiger partial charge in [-0.3, -0.25) is 0 Å². The molecule has 0 aliphatic carbocycles. The lowest BCUT2D eigenvalue weighted by atomic mass is 10.3. The molecule has 0 aliphatic heterocycles. The Morgan fingerprint density at radius 1 is 1.19 bits per heavy atom. The van der Waals surface area contributed by atoms with Gasteiger partial charge in [0.15, 0.2) is 9.84 Å². The van der Waals surface area contributed by atoms with Gasteiger partial charge in [-0.15, -0.1) is 0 Å². The quantitative estimate of drug-likeness (QED) is 0.797. The van der Waals surface area contributed by atoms with E-state index in [1.54, 1.807) is 38.1 Å². The van der Waals surface area contributed by atoms with Crippen LogP contribution in [0.1, 0.15) is 27.2 Å². The largest absolute Gasteiger partial charge is 0.494 e. The second-order valence-corrected chi connectivity index (χ2v) is 6.42. The SMILES string of the molecule is CCCOc1ccc(S(=O)(=O)C(C)C)cc1. The zero-order valence-electron chi connectivity index (χ0n) is 9.93. The molecule has 0 spiro atoms. The minimum atomic E-state index is -3.17. The summed E-state index contributed by atoms with van der Waals surface area (Å²) in [6.45, 7) is 6.03. The molecule has 3 nitrogen and oxygen atoms in total. The molecule has 1 aromatic rings. The Morgan fingerprint density at radius 3 is 2.19 bits per heavy atom. The van der Waals surface area contributed by atoms with Crippen LogP contribution in [0.25, 0.3) is 0 Å². The van der Waals surface area contributed by atoms with Crippen molar-refractivity contribution in [1.82, 2.24) is 0 Å². The molecule has 0 amide bonds. The van der Waals surface area contributed by atoms with E-state index in [0.29, 0.717) is 17.3 Å². The van der Waals surface area contributed by atoms with Crippen LogP contribution in [-0.2, 0) is 9.84 Å². The summed E-state index contributed by atoms with van der Waals surface area (Å²) in [7, 11) is -3.17. The first-order valence-corrected chi connectivity index (χ1v) is 7.00. The van der Waals surface area contributed by atoms with E-state index in [1.165, 1.54) is 0 Å². The summed E-state index contributed by atoms with van der Waals surface area (Å²) in [5, 5.41) is -0.394. The maximum absolute atomic E-state index is 11.8. The zero-order chi connectivity index (χ0) is 12.2. The topological polar surface area (TPSA) is 43.4 Å². The highest BCUT2D eigenvalue weighted by Gasteiger charge is 2.18. The van der Waals surface area contributed by atoms with Crippen LogP contribution in [0.5, 0.6) is 5.75 Å². The summed E-state index contributed by atoms with van der Waals surface area (Å²) in [5.41, 5.74) is 0. The first-order chi connectivity index (χ1) is 7.48. The third-order valence-electron chi connectivity index (χ3n) is 2.25. The Kier molecular flexibility index (Phi) is 4.35. The van der Waals surface area contributed by atoms with Gasteiger partial charge in [0.25, 0.3) is 0 Å². The summed E-state index contributed by atoms with van der Waals surface area (Å²) in [6.07, 6.45) is 0.937. The van der Waals surface area contributed by atoms with E-state index in [0.717, 1.165) is 6.42 Å². The Morgan fingerprint density at radius 2 is 1.75 bits per heavy atom. The molecule has 0 fully saturated rings. The number of benzene rings is 1. The number of hydrogen-bond acceptors (Lipinski definition) is 3. The monoisotopic (exact) mass is 242 g/mol. The molecule has 0 bridgehead atoms. The van der Waals surface area contributed by atoms with Crippen molar-refractivity contribution in [3.8, 4) is 5.75 Å². The van der Waals surface area contributed by atoms with Crippen molar-refractivity contribution in [3.05, 3.63) is 24.3 Å². The van der Waals surface area contributed by atoms with Crippen molar-refractivity contribution < 1.29 is 13.2 Å². The van der Waals surface area contributed by atoms with Crippen molar-refractivity contribution in [3.63, 3.8) is 0 Å². The van der Waals surface area contributed by atoms with Gasteiger partial charge in [-0.25, -0.2) is 8.42 Å². The summed E-state index contributed by atoms with van der Waals surface area (Å²) < 4.78 is 29.0. The van der Waals surface area contributed by atoms with Gasteiger partial charge in [-0.1, -0.05) is 6.92 Å². The van der Waals surface area contributed by atoms with E-state index in [1.807, 2.05) is 6.92 Å². The minimum absolute atomic E-state index is 0.353. The third-order valence-corrected chi connectivity index (χ3v) is 4.42. The lowest BCUT2D eigenvalue weighted by Gasteiger charge is -2.09. The van der Waals surface area contributed by atoms with Gasteiger partial charge < -0.3 is 4.74 Å². The molecule has 0 aromatic heterocycles. The third kappa shape index (κ3) is 2.98. The van der Waals surface area contributed by atoms with Crippen molar-refractivity contribution in [2.45, 2.75) is 37.3 Å². The number of rotatable bonds is 5. The Labute approximate surface area is 97.4 Å². The van der Waals surface area contributed by atoms with Gasteiger partial charge in [0.1, 0.15) is 5.75 Å². The molecular formula is C12H18O3S. The van der Waals surface area contributed by atoms with Crippen molar-refractivity contribution >= 4 is 9.84 Å². The van der Waals surface area contributed by atoms with Gasteiger partial charge in [0.05, 0.1) is 16.8 Å². The summed E-state index contributed by atoms with van der Waals surface area (Å²) in [6, 6.07) is 6.59. The summed E-state index contributed by atoms with van der Waals surface area (Å²) in [5.74, 6) is 0.713. The molecule has 4 heteroatoms. The molecule has 0 atom stereocenters. The average Bonchev–Trinajstić information content (AvgIpc) is 2.26. The summed E-state index contributed by atoms with van der Waals surface area (Å²) >= 11 is 0. The second-order valence-electron chi connectivity index (χ2n) is 3.91. The number of ether oxygens (including phenoxy) is 1. The molecule has 16 heavy (non-hydrogen) atoms. The Hall–Kier alpha value is -1.03. The van der Waals surface area contributed by atoms with Gasteiger partial charge in [0, 0.05) is 0 Å². The first-order valence-electron chi connectivity index (χ1n) is 5.45. The van der Waals surface area contributed by atoms with Crippen LogP contribution in [0, 0.1) is 0 Å². The lowest BCUT2D eigenvalue weighted by molar-refractivity contribution is 0.317. The van der Waals surface area contributed by atoms with Gasteiger partial charge in [0.2, 0.25) is 0 Å². The predicted octanol–water partition coefficient (Wildman–Crippen LogP) is 2.66. The molecule has 0 saturated heterocycles. The molecule has 0 heterocycles. The molecular weight excluding hydrogens is 224 g/mol. The van der Waals surface area contributed by atoms with E-state index < -0.39 is 15.1 Å². The smallest absolute Gasteiger partial charge is 0.180 e. The van der Waals surface area contributed by atoms with Crippen LogP contribution in [0.4, 0.5) is 0 Å². The Balaban J connectivity index is 2.87. The fraction of sp³-hybridized carbons (Fsp3) is 0.500. The number of sulfone groups is 1. The van der Waals surface area contributed by atoms with Crippen LogP contribution in [0.3, 0.4) is 0 Å². The maximum Gasteiger partial charge on any atom is 0.180 e. The molecule has 1 rings (SSSR count). The van der Waals surface area contributed by atoms with Crippen molar-refractivity contribution in [2.24, 2.45) is 0 Å². The van der Waals surface area contributed by atoms with Crippen LogP contribution < -0.4 is 4.74 Å².